The van der Waals surface area contributed by atoms with Crippen LogP contribution in [-0.2, 0) is 4.79 Å². The van der Waals surface area contributed by atoms with Crippen molar-refractivity contribution in [3.05, 3.63) is 48.5 Å². The molecule has 3 aromatic rings. The van der Waals surface area contributed by atoms with E-state index in [-0.39, 0.29) is 11.2 Å². The van der Waals surface area contributed by atoms with E-state index in [1.165, 1.54) is 24.6 Å². The van der Waals surface area contributed by atoms with E-state index in [4.69, 9.17) is 9.72 Å². The van der Waals surface area contributed by atoms with Crippen LogP contribution in [0.2, 0.25) is 0 Å². The third-order valence-corrected chi connectivity index (χ3v) is 6.34. The predicted molar refractivity (Wildman–Crippen MR) is 118 cm³/mol. The monoisotopic (exact) mass is 409 g/mol. The van der Waals surface area contributed by atoms with Crippen LogP contribution in [0.25, 0.3) is 16.7 Å². The Bertz CT molecular complexity index is 977. The first kappa shape index (κ1) is 19.8. The summed E-state index contributed by atoms with van der Waals surface area (Å²) in [4.78, 5) is 17.5. The molecule has 1 saturated carbocycles. The molecule has 29 heavy (non-hydrogen) atoms. The second-order valence-corrected chi connectivity index (χ2v) is 8.70. The molecule has 0 radical (unpaired) electrons. The third-order valence-electron chi connectivity index (χ3n) is 5.29. The Kier molecular flexibility index (Phi) is 6.09. The Hall–Kier alpha value is -2.47. The molecule has 1 aliphatic carbocycles. The zero-order valence-electron chi connectivity index (χ0n) is 16.9. The molecule has 0 unspecified atom stereocenters. The number of carbonyl (C=O) groups excluding carboxylic acids is 1. The molecular formula is C23H27N3O2S. The first-order valence-electron chi connectivity index (χ1n) is 10.3. The number of carbonyl (C=O) groups is 1. The van der Waals surface area contributed by atoms with Gasteiger partial charge in [-0.25, -0.2) is 4.98 Å². The van der Waals surface area contributed by atoms with Gasteiger partial charge in [0.2, 0.25) is 5.91 Å². The van der Waals surface area contributed by atoms with E-state index in [0.717, 1.165) is 40.5 Å². The van der Waals surface area contributed by atoms with Crippen LogP contribution in [0.1, 0.15) is 39.5 Å². The predicted octanol–water partition coefficient (Wildman–Crippen LogP) is 4.96. The molecule has 1 atom stereocenters. The quantitative estimate of drug-likeness (QED) is 0.560. The largest absolute Gasteiger partial charge is 0.494 e. The van der Waals surface area contributed by atoms with E-state index in [0.29, 0.717) is 12.6 Å². The van der Waals surface area contributed by atoms with Gasteiger partial charge in [-0.3, -0.25) is 9.36 Å². The Morgan fingerprint density at radius 2 is 1.93 bits per heavy atom. The van der Waals surface area contributed by atoms with Crippen LogP contribution in [0.15, 0.2) is 53.7 Å². The maximum atomic E-state index is 12.7. The number of thioether (sulfide) groups is 1. The van der Waals surface area contributed by atoms with Crippen LogP contribution >= 0.6 is 11.8 Å². The average Bonchev–Trinajstić information content (AvgIpc) is 3.36. The highest BCUT2D eigenvalue weighted by Gasteiger charge is 2.23. The summed E-state index contributed by atoms with van der Waals surface area (Å²) in [7, 11) is 0. The topological polar surface area (TPSA) is 56.1 Å². The normalized spacial score (nSPS) is 15.5. The van der Waals surface area contributed by atoms with Crippen molar-refractivity contribution in [2.75, 3.05) is 6.61 Å². The summed E-state index contributed by atoms with van der Waals surface area (Å²) in [6.07, 6.45) is 4.60. The fourth-order valence-corrected chi connectivity index (χ4v) is 4.74. The SMILES string of the molecule is CCOc1ccc(-n2c(S[C@@H](C)C(=O)NC3CCCC3)nc3ccccc32)cc1. The first-order valence-corrected chi connectivity index (χ1v) is 11.2. The van der Waals surface area contributed by atoms with Crippen molar-refractivity contribution in [2.24, 2.45) is 0 Å². The molecule has 1 heterocycles. The number of nitrogens with zero attached hydrogens (tertiary/aromatic N) is 2. The lowest BCUT2D eigenvalue weighted by Gasteiger charge is -2.17. The Balaban J connectivity index is 1.61. The molecule has 2 aromatic carbocycles. The number of rotatable bonds is 7. The zero-order valence-corrected chi connectivity index (χ0v) is 17.7. The molecule has 6 heteroatoms. The number of ether oxygens (including phenoxy) is 1. The van der Waals surface area contributed by atoms with Gasteiger partial charge in [-0.15, -0.1) is 0 Å². The van der Waals surface area contributed by atoms with Gasteiger partial charge < -0.3 is 10.1 Å². The van der Waals surface area contributed by atoms with Crippen molar-refractivity contribution in [3.8, 4) is 11.4 Å². The Labute approximate surface area is 175 Å². The van der Waals surface area contributed by atoms with Crippen LogP contribution in [0, 0.1) is 0 Å². The van der Waals surface area contributed by atoms with Gasteiger partial charge in [0.25, 0.3) is 0 Å². The summed E-state index contributed by atoms with van der Waals surface area (Å²) in [6.45, 7) is 4.57. The number of benzene rings is 2. The summed E-state index contributed by atoms with van der Waals surface area (Å²) in [6, 6.07) is 16.4. The molecular weight excluding hydrogens is 382 g/mol. The van der Waals surface area contributed by atoms with E-state index in [2.05, 4.69) is 16.0 Å². The number of amides is 1. The van der Waals surface area contributed by atoms with Gasteiger partial charge in [-0.1, -0.05) is 36.7 Å². The number of fused-ring (bicyclic) bond motifs is 1. The molecule has 0 saturated heterocycles. The molecule has 152 valence electrons. The summed E-state index contributed by atoms with van der Waals surface area (Å²) < 4.78 is 7.69. The van der Waals surface area contributed by atoms with Crippen molar-refractivity contribution < 1.29 is 9.53 Å². The number of imidazole rings is 1. The number of nitrogens with one attached hydrogen (secondary N) is 1. The molecule has 1 fully saturated rings. The van der Waals surface area contributed by atoms with Crippen molar-refractivity contribution >= 4 is 28.7 Å². The van der Waals surface area contributed by atoms with E-state index in [1.807, 2.05) is 56.3 Å². The van der Waals surface area contributed by atoms with E-state index >= 15 is 0 Å². The molecule has 1 aromatic heterocycles. The lowest BCUT2D eigenvalue weighted by Crippen LogP contribution is -2.37. The highest BCUT2D eigenvalue weighted by atomic mass is 32.2. The van der Waals surface area contributed by atoms with Gasteiger partial charge >= 0.3 is 0 Å². The van der Waals surface area contributed by atoms with E-state index in [9.17, 15) is 4.79 Å². The molecule has 0 spiro atoms. The van der Waals surface area contributed by atoms with Gasteiger partial charge in [0.05, 0.1) is 22.9 Å². The number of para-hydroxylation sites is 2. The van der Waals surface area contributed by atoms with Crippen LogP contribution < -0.4 is 10.1 Å². The maximum absolute atomic E-state index is 12.7. The molecule has 1 aliphatic rings. The van der Waals surface area contributed by atoms with Crippen molar-refractivity contribution in [1.29, 1.82) is 0 Å². The Morgan fingerprint density at radius 1 is 1.21 bits per heavy atom. The third kappa shape index (κ3) is 4.42. The number of aromatic nitrogens is 2. The molecule has 5 nitrogen and oxygen atoms in total. The molecule has 1 N–H and O–H groups in total. The first-order chi connectivity index (χ1) is 14.2. The summed E-state index contributed by atoms with van der Waals surface area (Å²) >= 11 is 1.51. The fourth-order valence-electron chi connectivity index (χ4n) is 3.79. The van der Waals surface area contributed by atoms with E-state index in [1.54, 1.807) is 0 Å². The molecule has 0 bridgehead atoms. The van der Waals surface area contributed by atoms with Crippen LogP contribution in [0.4, 0.5) is 0 Å². The minimum absolute atomic E-state index is 0.0900. The second kappa shape index (κ2) is 8.91. The molecule has 0 aliphatic heterocycles. The highest BCUT2D eigenvalue weighted by molar-refractivity contribution is 8.00. The van der Waals surface area contributed by atoms with Gasteiger partial charge in [-0.2, -0.15) is 0 Å². The van der Waals surface area contributed by atoms with Gasteiger partial charge in [0.15, 0.2) is 5.16 Å². The highest BCUT2D eigenvalue weighted by Crippen LogP contribution is 2.31. The van der Waals surface area contributed by atoms with Crippen LogP contribution in [0.3, 0.4) is 0 Å². The van der Waals surface area contributed by atoms with Gasteiger partial charge in [0, 0.05) is 11.7 Å². The van der Waals surface area contributed by atoms with Crippen LogP contribution in [0.5, 0.6) is 5.75 Å². The lowest BCUT2D eigenvalue weighted by molar-refractivity contribution is -0.120. The van der Waals surface area contributed by atoms with Crippen molar-refractivity contribution in [1.82, 2.24) is 14.9 Å². The standard InChI is InChI=1S/C23H27N3O2S/c1-3-28-19-14-12-18(13-15-19)26-21-11-7-6-10-20(21)25-23(26)29-16(2)22(27)24-17-8-4-5-9-17/h6-7,10-17H,3-5,8-9H2,1-2H3,(H,24,27)/t16-/m0/s1. The molecule has 4 rings (SSSR count). The summed E-state index contributed by atoms with van der Waals surface area (Å²) in [5.41, 5.74) is 2.96. The minimum atomic E-state index is -0.214. The number of hydrogen-bond acceptors (Lipinski definition) is 4. The van der Waals surface area contributed by atoms with Crippen molar-refractivity contribution in [2.45, 2.75) is 56.0 Å². The van der Waals surface area contributed by atoms with Gasteiger partial charge in [0.1, 0.15) is 5.75 Å². The minimum Gasteiger partial charge on any atom is -0.494 e. The van der Waals surface area contributed by atoms with Gasteiger partial charge in [-0.05, 0) is 63.1 Å². The average molecular weight is 410 g/mol. The zero-order chi connectivity index (χ0) is 20.2. The fraction of sp³-hybridized carbons (Fsp3) is 0.391. The smallest absolute Gasteiger partial charge is 0.233 e. The lowest BCUT2D eigenvalue weighted by atomic mass is 10.2. The maximum Gasteiger partial charge on any atom is 0.233 e. The Morgan fingerprint density at radius 3 is 2.66 bits per heavy atom. The second-order valence-electron chi connectivity index (χ2n) is 7.40. The summed E-state index contributed by atoms with van der Waals surface area (Å²) in [5, 5.41) is 3.81. The van der Waals surface area contributed by atoms with Crippen LogP contribution in [-0.4, -0.2) is 33.4 Å². The molecule has 1 amide bonds. The van der Waals surface area contributed by atoms with E-state index < -0.39 is 0 Å². The summed E-state index contributed by atoms with van der Waals surface area (Å²) in [5.74, 6) is 0.936. The van der Waals surface area contributed by atoms with Crippen molar-refractivity contribution in [3.63, 3.8) is 0 Å². The number of hydrogen-bond donors (Lipinski definition) is 1.